The number of nitrogens with one attached hydrogen (secondary N) is 1. The van der Waals surface area contributed by atoms with Crippen LogP contribution in [0.4, 0.5) is 0 Å². The Kier molecular flexibility index (Phi) is 5.62. The fourth-order valence-corrected chi connectivity index (χ4v) is 2.73. The molecule has 1 amide bonds. The van der Waals surface area contributed by atoms with E-state index in [4.69, 9.17) is 16.3 Å². The SMILES string of the molecule is CC(=O)O[C@@H](C(=O)NC1CCCCC1)c1ccc(Cl)cc1. The summed E-state index contributed by atoms with van der Waals surface area (Å²) in [5.41, 5.74) is 0.628. The molecule has 1 aliphatic carbocycles. The molecule has 2 rings (SSSR count). The molecule has 5 heteroatoms. The van der Waals surface area contributed by atoms with Crippen molar-refractivity contribution in [2.45, 2.75) is 51.2 Å². The molecule has 0 spiro atoms. The molecule has 1 aliphatic rings. The van der Waals surface area contributed by atoms with Gasteiger partial charge in [-0.2, -0.15) is 0 Å². The second-order valence-corrected chi connectivity index (χ2v) is 5.82. The molecule has 0 aromatic heterocycles. The second kappa shape index (κ2) is 7.46. The maximum absolute atomic E-state index is 12.4. The van der Waals surface area contributed by atoms with E-state index in [9.17, 15) is 9.59 Å². The summed E-state index contributed by atoms with van der Waals surface area (Å²) in [5.74, 6) is -0.742. The summed E-state index contributed by atoms with van der Waals surface area (Å²) in [5, 5.41) is 3.57. The van der Waals surface area contributed by atoms with Crippen molar-refractivity contribution < 1.29 is 14.3 Å². The highest BCUT2D eigenvalue weighted by Crippen LogP contribution is 2.23. The average molecular weight is 310 g/mol. The molecule has 21 heavy (non-hydrogen) atoms. The van der Waals surface area contributed by atoms with Gasteiger partial charge in [0, 0.05) is 23.6 Å². The van der Waals surface area contributed by atoms with Gasteiger partial charge >= 0.3 is 5.97 Å². The van der Waals surface area contributed by atoms with Crippen molar-refractivity contribution in [2.24, 2.45) is 0 Å². The number of carbonyl (C=O) groups excluding carboxylic acids is 2. The third kappa shape index (κ3) is 4.74. The first kappa shape index (κ1) is 15.8. The summed E-state index contributed by atoms with van der Waals surface area (Å²) in [6.45, 7) is 1.30. The van der Waals surface area contributed by atoms with Gasteiger partial charge in [-0.3, -0.25) is 9.59 Å². The minimum atomic E-state index is -0.915. The lowest BCUT2D eigenvalue weighted by atomic mass is 9.95. The van der Waals surface area contributed by atoms with E-state index in [0.717, 1.165) is 25.7 Å². The number of hydrogen-bond acceptors (Lipinski definition) is 3. The number of ether oxygens (including phenoxy) is 1. The first-order valence-electron chi connectivity index (χ1n) is 7.29. The van der Waals surface area contributed by atoms with E-state index in [2.05, 4.69) is 5.32 Å². The predicted molar refractivity (Wildman–Crippen MR) is 81.0 cm³/mol. The van der Waals surface area contributed by atoms with Crippen LogP contribution < -0.4 is 5.32 Å². The molecule has 1 aromatic carbocycles. The van der Waals surface area contributed by atoms with Crippen LogP contribution in [-0.2, 0) is 14.3 Å². The minimum absolute atomic E-state index is 0.177. The van der Waals surface area contributed by atoms with Crippen molar-refractivity contribution in [3.05, 3.63) is 34.9 Å². The van der Waals surface area contributed by atoms with Crippen molar-refractivity contribution in [2.75, 3.05) is 0 Å². The van der Waals surface area contributed by atoms with Crippen molar-refractivity contribution in [1.82, 2.24) is 5.32 Å². The molecule has 1 atom stereocenters. The number of carbonyl (C=O) groups is 2. The van der Waals surface area contributed by atoms with Crippen LogP contribution in [0.1, 0.15) is 50.7 Å². The highest BCUT2D eigenvalue weighted by molar-refractivity contribution is 6.30. The fourth-order valence-electron chi connectivity index (χ4n) is 2.60. The number of halogens is 1. The van der Waals surface area contributed by atoms with Gasteiger partial charge in [0.05, 0.1) is 0 Å². The molecule has 0 bridgehead atoms. The van der Waals surface area contributed by atoms with Crippen molar-refractivity contribution in [3.8, 4) is 0 Å². The zero-order valence-electron chi connectivity index (χ0n) is 12.1. The van der Waals surface area contributed by atoms with Crippen molar-refractivity contribution in [1.29, 1.82) is 0 Å². The molecule has 0 unspecified atom stereocenters. The van der Waals surface area contributed by atoms with E-state index in [1.807, 2.05) is 0 Å². The number of hydrogen-bond donors (Lipinski definition) is 1. The van der Waals surface area contributed by atoms with E-state index in [-0.39, 0.29) is 11.9 Å². The quantitative estimate of drug-likeness (QED) is 0.867. The van der Waals surface area contributed by atoms with E-state index in [0.29, 0.717) is 10.6 Å². The molecular weight excluding hydrogens is 290 g/mol. The third-order valence-electron chi connectivity index (χ3n) is 3.65. The fraction of sp³-hybridized carbons (Fsp3) is 0.500. The maximum Gasteiger partial charge on any atom is 0.303 e. The molecule has 0 saturated heterocycles. The summed E-state index contributed by atoms with van der Waals surface area (Å²) < 4.78 is 5.19. The van der Waals surface area contributed by atoms with Gasteiger partial charge in [0.25, 0.3) is 5.91 Å². The lowest BCUT2D eigenvalue weighted by molar-refractivity contribution is -0.154. The Hall–Kier alpha value is -1.55. The van der Waals surface area contributed by atoms with E-state index in [1.165, 1.54) is 13.3 Å². The van der Waals surface area contributed by atoms with Gasteiger partial charge in [-0.1, -0.05) is 43.0 Å². The lowest BCUT2D eigenvalue weighted by Gasteiger charge is -2.25. The Morgan fingerprint density at radius 1 is 1.19 bits per heavy atom. The highest BCUT2D eigenvalue weighted by Gasteiger charge is 2.26. The average Bonchev–Trinajstić information content (AvgIpc) is 2.46. The largest absolute Gasteiger partial charge is 0.447 e. The van der Waals surface area contributed by atoms with Crippen molar-refractivity contribution >= 4 is 23.5 Å². The van der Waals surface area contributed by atoms with Crippen LogP contribution in [-0.4, -0.2) is 17.9 Å². The third-order valence-corrected chi connectivity index (χ3v) is 3.90. The first-order chi connectivity index (χ1) is 10.1. The summed E-state index contributed by atoms with van der Waals surface area (Å²) in [6, 6.07) is 6.95. The molecule has 0 radical (unpaired) electrons. The van der Waals surface area contributed by atoms with Gasteiger partial charge < -0.3 is 10.1 Å². The zero-order valence-corrected chi connectivity index (χ0v) is 12.9. The molecule has 4 nitrogen and oxygen atoms in total. The summed E-state index contributed by atoms with van der Waals surface area (Å²) in [4.78, 5) is 23.7. The van der Waals surface area contributed by atoms with Gasteiger partial charge in [-0.25, -0.2) is 0 Å². The molecule has 0 aliphatic heterocycles. The number of benzene rings is 1. The van der Waals surface area contributed by atoms with Crippen LogP contribution in [0.25, 0.3) is 0 Å². The Morgan fingerprint density at radius 3 is 2.38 bits per heavy atom. The molecule has 1 fully saturated rings. The highest BCUT2D eigenvalue weighted by atomic mass is 35.5. The summed E-state index contributed by atoms with van der Waals surface area (Å²) in [7, 11) is 0. The molecule has 1 aromatic rings. The van der Waals surface area contributed by atoms with E-state index < -0.39 is 12.1 Å². The monoisotopic (exact) mass is 309 g/mol. The van der Waals surface area contributed by atoms with Crippen LogP contribution in [0, 0.1) is 0 Å². The molecule has 1 saturated carbocycles. The topological polar surface area (TPSA) is 55.4 Å². The van der Waals surface area contributed by atoms with Gasteiger partial charge in [0.15, 0.2) is 0 Å². The number of esters is 1. The molecular formula is C16H20ClNO3. The van der Waals surface area contributed by atoms with Gasteiger partial charge in [0.1, 0.15) is 0 Å². The summed E-state index contributed by atoms with van der Waals surface area (Å²) in [6.07, 6.45) is 4.53. The Bertz CT molecular complexity index is 495. The lowest BCUT2D eigenvalue weighted by Crippen LogP contribution is -2.40. The number of rotatable bonds is 4. The smallest absolute Gasteiger partial charge is 0.303 e. The second-order valence-electron chi connectivity index (χ2n) is 5.38. The minimum Gasteiger partial charge on any atom is -0.447 e. The van der Waals surface area contributed by atoms with Gasteiger partial charge in [-0.15, -0.1) is 0 Å². The molecule has 1 N–H and O–H groups in total. The maximum atomic E-state index is 12.4. The Morgan fingerprint density at radius 2 is 1.81 bits per heavy atom. The summed E-state index contributed by atoms with van der Waals surface area (Å²) >= 11 is 5.85. The normalized spacial score (nSPS) is 17.0. The van der Waals surface area contributed by atoms with E-state index in [1.54, 1.807) is 24.3 Å². The zero-order chi connectivity index (χ0) is 15.2. The standard InChI is InChI=1S/C16H20ClNO3/c1-11(19)21-15(12-7-9-13(17)10-8-12)16(20)18-14-5-3-2-4-6-14/h7-10,14-15H,2-6H2,1H3,(H,18,20)/t15-/m1/s1. The van der Waals surface area contributed by atoms with E-state index >= 15 is 0 Å². The van der Waals surface area contributed by atoms with Crippen LogP contribution in [0.15, 0.2) is 24.3 Å². The first-order valence-corrected chi connectivity index (χ1v) is 7.67. The molecule has 114 valence electrons. The van der Waals surface area contributed by atoms with Crippen LogP contribution in [0.3, 0.4) is 0 Å². The molecule has 0 heterocycles. The number of amides is 1. The van der Waals surface area contributed by atoms with Crippen LogP contribution in [0.5, 0.6) is 0 Å². The predicted octanol–water partition coefficient (Wildman–Crippen LogP) is 3.39. The van der Waals surface area contributed by atoms with Crippen molar-refractivity contribution in [3.63, 3.8) is 0 Å². The Balaban J connectivity index is 2.08. The van der Waals surface area contributed by atoms with Gasteiger partial charge in [-0.05, 0) is 25.0 Å². The van der Waals surface area contributed by atoms with Gasteiger partial charge in [0.2, 0.25) is 6.10 Å². The van der Waals surface area contributed by atoms with Crippen LogP contribution in [0.2, 0.25) is 5.02 Å². The Labute approximate surface area is 129 Å². The van der Waals surface area contributed by atoms with Crippen LogP contribution >= 0.6 is 11.6 Å².